The highest BCUT2D eigenvalue weighted by molar-refractivity contribution is 6.07. The Morgan fingerprint density at radius 1 is 1.24 bits per heavy atom. The number of carboxylic acid groups (broad SMARTS) is 1. The van der Waals surface area contributed by atoms with E-state index in [1.54, 1.807) is 6.92 Å². The van der Waals surface area contributed by atoms with Crippen LogP contribution < -0.4 is 10.7 Å². The van der Waals surface area contributed by atoms with E-state index in [9.17, 15) is 18.8 Å². The number of hydrogen-bond acceptors (Lipinski definition) is 3. The number of amides is 1. The first kappa shape index (κ1) is 14.4. The maximum absolute atomic E-state index is 13.0. The number of aryl methyl sites for hydroxylation is 1. The molecule has 0 spiro atoms. The maximum Gasteiger partial charge on any atom is 0.337 e. The van der Waals surface area contributed by atoms with Gasteiger partial charge in [-0.15, -0.1) is 0 Å². The lowest BCUT2D eigenvalue weighted by Crippen LogP contribution is -2.22. The van der Waals surface area contributed by atoms with Gasteiger partial charge in [0.2, 0.25) is 0 Å². The van der Waals surface area contributed by atoms with Crippen molar-refractivity contribution in [3.05, 3.63) is 63.3 Å². The van der Waals surface area contributed by atoms with Gasteiger partial charge in [0.05, 0.1) is 11.3 Å². The minimum atomic E-state index is -1.39. The average Bonchev–Trinajstić information content (AvgIpc) is 2.40. The zero-order valence-electron chi connectivity index (χ0n) is 10.9. The molecule has 21 heavy (non-hydrogen) atoms. The van der Waals surface area contributed by atoms with Crippen LogP contribution in [0.5, 0.6) is 0 Å². The third-order valence-corrected chi connectivity index (χ3v) is 2.76. The van der Waals surface area contributed by atoms with E-state index in [-0.39, 0.29) is 11.3 Å². The maximum atomic E-state index is 13.0. The van der Waals surface area contributed by atoms with Crippen LogP contribution in [0.3, 0.4) is 0 Å². The summed E-state index contributed by atoms with van der Waals surface area (Å²) in [4.78, 5) is 37.4. The van der Waals surface area contributed by atoms with Gasteiger partial charge in [-0.3, -0.25) is 9.59 Å². The molecule has 0 saturated heterocycles. The van der Waals surface area contributed by atoms with E-state index in [4.69, 9.17) is 5.11 Å². The molecule has 7 heteroatoms. The van der Waals surface area contributed by atoms with Crippen molar-refractivity contribution in [1.29, 1.82) is 0 Å². The number of pyridine rings is 1. The minimum Gasteiger partial charge on any atom is -0.478 e. The number of aromatic nitrogens is 1. The molecule has 0 radical (unpaired) electrons. The first-order valence-electron chi connectivity index (χ1n) is 5.92. The molecule has 0 aliphatic heterocycles. The quantitative estimate of drug-likeness (QED) is 0.802. The van der Waals surface area contributed by atoms with Crippen LogP contribution in [0.15, 0.2) is 35.3 Å². The summed E-state index contributed by atoms with van der Waals surface area (Å²) in [7, 11) is 0. The Balaban J connectivity index is 2.36. The molecule has 0 aliphatic rings. The van der Waals surface area contributed by atoms with Crippen LogP contribution in [0.25, 0.3) is 0 Å². The Hall–Kier alpha value is -2.96. The van der Waals surface area contributed by atoms with Crippen molar-refractivity contribution in [1.82, 2.24) is 4.98 Å². The van der Waals surface area contributed by atoms with Gasteiger partial charge in [-0.25, -0.2) is 9.18 Å². The third kappa shape index (κ3) is 3.14. The predicted molar refractivity (Wildman–Crippen MR) is 73.1 cm³/mol. The Labute approximate surface area is 118 Å². The molecule has 0 fully saturated rings. The number of carbonyl (C=O) groups is 2. The van der Waals surface area contributed by atoms with Gasteiger partial charge >= 0.3 is 5.97 Å². The fraction of sp³-hybridized carbons (Fsp3) is 0.0714. The number of anilines is 1. The Kier molecular flexibility index (Phi) is 3.84. The van der Waals surface area contributed by atoms with Crippen molar-refractivity contribution in [3.63, 3.8) is 0 Å². The molecule has 2 rings (SSSR count). The molecule has 3 N–H and O–H groups in total. The van der Waals surface area contributed by atoms with E-state index in [2.05, 4.69) is 10.3 Å². The molecule has 0 saturated carbocycles. The number of rotatable bonds is 3. The van der Waals surface area contributed by atoms with Crippen LogP contribution in [-0.2, 0) is 0 Å². The van der Waals surface area contributed by atoms with E-state index in [1.165, 1.54) is 12.3 Å². The van der Waals surface area contributed by atoms with Gasteiger partial charge in [-0.05, 0) is 25.1 Å². The highest BCUT2D eigenvalue weighted by atomic mass is 19.1. The van der Waals surface area contributed by atoms with Crippen molar-refractivity contribution in [2.75, 3.05) is 5.32 Å². The number of carboxylic acids is 1. The molecule has 6 nitrogen and oxygen atoms in total. The smallest absolute Gasteiger partial charge is 0.337 e. The molecule has 108 valence electrons. The molecule has 0 atom stereocenters. The molecule has 1 amide bonds. The fourth-order valence-corrected chi connectivity index (χ4v) is 1.74. The molecular formula is C14H11FN2O4. The second-order valence-electron chi connectivity index (χ2n) is 4.34. The number of carbonyl (C=O) groups excluding carboxylic acids is 1. The first-order valence-corrected chi connectivity index (χ1v) is 5.92. The van der Waals surface area contributed by atoms with Gasteiger partial charge in [-0.2, -0.15) is 0 Å². The average molecular weight is 290 g/mol. The lowest BCUT2D eigenvalue weighted by Gasteiger charge is -2.08. The van der Waals surface area contributed by atoms with Crippen molar-refractivity contribution >= 4 is 17.6 Å². The zero-order valence-corrected chi connectivity index (χ0v) is 10.9. The van der Waals surface area contributed by atoms with Gasteiger partial charge < -0.3 is 15.4 Å². The SMILES string of the molecule is Cc1cc(=O)c(C(=O)Nc2ccc(F)cc2C(=O)O)c[nH]1. The third-order valence-electron chi connectivity index (χ3n) is 2.76. The highest BCUT2D eigenvalue weighted by Crippen LogP contribution is 2.17. The molecule has 1 aromatic heterocycles. The summed E-state index contributed by atoms with van der Waals surface area (Å²) in [5.74, 6) is -2.90. The summed E-state index contributed by atoms with van der Waals surface area (Å²) in [6.07, 6.45) is 1.23. The van der Waals surface area contributed by atoms with Crippen LogP contribution in [0.4, 0.5) is 10.1 Å². The second-order valence-corrected chi connectivity index (χ2v) is 4.34. The number of halogens is 1. The Morgan fingerprint density at radius 2 is 1.95 bits per heavy atom. The lowest BCUT2D eigenvalue weighted by molar-refractivity contribution is 0.0697. The topological polar surface area (TPSA) is 99.3 Å². The molecular weight excluding hydrogens is 279 g/mol. The highest BCUT2D eigenvalue weighted by Gasteiger charge is 2.16. The molecule has 1 heterocycles. The lowest BCUT2D eigenvalue weighted by atomic mass is 10.1. The molecule has 2 aromatic rings. The fourth-order valence-electron chi connectivity index (χ4n) is 1.74. The van der Waals surface area contributed by atoms with Gasteiger partial charge in [-0.1, -0.05) is 0 Å². The number of aromatic amines is 1. The molecule has 1 aromatic carbocycles. The van der Waals surface area contributed by atoms with Crippen LogP contribution in [0.1, 0.15) is 26.4 Å². The zero-order chi connectivity index (χ0) is 15.6. The van der Waals surface area contributed by atoms with Gasteiger partial charge in [0.1, 0.15) is 11.4 Å². The summed E-state index contributed by atoms with van der Waals surface area (Å²) >= 11 is 0. The van der Waals surface area contributed by atoms with Crippen molar-refractivity contribution < 1.29 is 19.1 Å². The number of aromatic carboxylic acids is 1. The van der Waals surface area contributed by atoms with Crippen LogP contribution in [0.2, 0.25) is 0 Å². The first-order chi connectivity index (χ1) is 9.88. The van der Waals surface area contributed by atoms with Gasteiger partial charge in [0, 0.05) is 18.0 Å². The predicted octanol–water partition coefficient (Wildman–Crippen LogP) is 1.77. The minimum absolute atomic E-state index is 0.0890. The summed E-state index contributed by atoms with van der Waals surface area (Å²) in [6.45, 7) is 1.66. The van der Waals surface area contributed by atoms with E-state index in [0.717, 1.165) is 18.2 Å². The number of nitrogens with one attached hydrogen (secondary N) is 2. The van der Waals surface area contributed by atoms with Crippen LogP contribution >= 0.6 is 0 Å². The largest absolute Gasteiger partial charge is 0.478 e. The van der Waals surface area contributed by atoms with E-state index in [1.807, 2.05) is 0 Å². The molecule has 0 unspecified atom stereocenters. The van der Waals surface area contributed by atoms with E-state index in [0.29, 0.717) is 5.69 Å². The van der Waals surface area contributed by atoms with E-state index >= 15 is 0 Å². The summed E-state index contributed by atoms with van der Waals surface area (Å²) in [5.41, 5.74) is -0.561. The Bertz CT molecular complexity index is 783. The Morgan fingerprint density at radius 3 is 2.57 bits per heavy atom. The number of benzene rings is 1. The summed E-state index contributed by atoms with van der Waals surface area (Å²) < 4.78 is 13.0. The van der Waals surface area contributed by atoms with Gasteiger partial charge in [0.25, 0.3) is 5.91 Å². The van der Waals surface area contributed by atoms with Crippen molar-refractivity contribution in [2.45, 2.75) is 6.92 Å². The number of H-pyrrole nitrogens is 1. The molecule has 0 bridgehead atoms. The molecule has 0 aliphatic carbocycles. The van der Waals surface area contributed by atoms with Crippen LogP contribution in [0, 0.1) is 12.7 Å². The normalized spacial score (nSPS) is 10.2. The standard InChI is InChI=1S/C14H11FN2O4/c1-7-4-12(18)10(6-16-7)13(19)17-11-3-2-8(15)5-9(11)14(20)21/h2-6H,1H3,(H,16,18)(H,17,19)(H,20,21). The van der Waals surface area contributed by atoms with Gasteiger partial charge in [0.15, 0.2) is 5.43 Å². The summed E-state index contributed by atoms with van der Waals surface area (Å²) in [5, 5.41) is 11.3. The van der Waals surface area contributed by atoms with E-state index < -0.39 is 28.7 Å². The summed E-state index contributed by atoms with van der Waals surface area (Å²) in [6, 6.07) is 4.18. The number of hydrogen-bond donors (Lipinski definition) is 3. The monoisotopic (exact) mass is 290 g/mol. The van der Waals surface area contributed by atoms with Crippen LogP contribution in [-0.4, -0.2) is 22.0 Å². The van der Waals surface area contributed by atoms with Crippen molar-refractivity contribution in [2.24, 2.45) is 0 Å². The second kappa shape index (κ2) is 5.58. The van der Waals surface area contributed by atoms with Crippen molar-refractivity contribution in [3.8, 4) is 0 Å².